The molecule has 0 saturated carbocycles. The Morgan fingerprint density at radius 1 is 1.22 bits per heavy atom. The van der Waals surface area contributed by atoms with Gasteiger partial charge >= 0.3 is 0 Å². The van der Waals surface area contributed by atoms with Gasteiger partial charge in [-0.15, -0.1) is 11.3 Å². The van der Waals surface area contributed by atoms with Gasteiger partial charge in [-0.1, -0.05) is 23.9 Å². The van der Waals surface area contributed by atoms with Crippen LogP contribution in [0, 0.1) is 11.6 Å². The van der Waals surface area contributed by atoms with E-state index in [0.29, 0.717) is 5.75 Å². The van der Waals surface area contributed by atoms with E-state index in [2.05, 4.69) is 10.3 Å². The van der Waals surface area contributed by atoms with E-state index in [1.54, 1.807) is 11.3 Å². The van der Waals surface area contributed by atoms with Gasteiger partial charge in [-0.2, -0.15) is 0 Å². The molecule has 0 radical (unpaired) electrons. The quantitative estimate of drug-likeness (QED) is 0.679. The van der Waals surface area contributed by atoms with E-state index in [4.69, 9.17) is 0 Å². The van der Waals surface area contributed by atoms with Crippen LogP contribution in [-0.2, 0) is 4.79 Å². The monoisotopic (exact) mass is 350 g/mol. The van der Waals surface area contributed by atoms with Gasteiger partial charge in [0.05, 0.1) is 15.9 Å². The molecule has 0 unspecified atom stereocenters. The van der Waals surface area contributed by atoms with Gasteiger partial charge in [0.15, 0.2) is 4.34 Å². The van der Waals surface area contributed by atoms with Crippen LogP contribution in [0.15, 0.2) is 46.8 Å². The summed E-state index contributed by atoms with van der Waals surface area (Å²) in [6, 6.07) is 10.9. The smallest absolute Gasteiger partial charge is 0.225 e. The van der Waals surface area contributed by atoms with Crippen LogP contribution in [0.3, 0.4) is 0 Å². The maximum absolute atomic E-state index is 13.4. The number of benzene rings is 2. The van der Waals surface area contributed by atoms with Crippen LogP contribution in [0.2, 0.25) is 0 Å². The number of rotatable bonds is 5. The normalized spacial score (nSPS) is 10.9. The number of carbonyl (C=O) groups is 1. The van der Waals surface area contributed by atoms with E-state index < -0.39 is 11.6 Å². The van der Waals surface area contributed by atoms with Crippen LogP contribution in [0.4, 0.5) is 14.5 Å². The van der Waals surface area contributed by atoms with E-state index in [1.807, 2.05) is 24.3 Å². The number of aromatic nitrogens is 1. The van der Waals surface area contributed by atoms with Gasteiger partial charge in [-0.3, -0.25) is 4.79 Å². The van der Waals surface area contributed by atoms with Gasteiger partial charge in [-0.25, -0.2) is 13.8 Å². The summed E-state index contributed by atoms with van der Waals surface area (Å²) in [6.45, 7) is 0. The summed E-state index contributed by atoms with van der Waals surface area (Å²) in [6.07, 6.45) is 0.220. The number of thioether (sulfide) groups is 1. The van der Waals surface area contributed by atoms with Crippen LogP contribution < -0.4 is 5.32 Å². The van der Waals surface area contributed by atoms with Crippen molar-refractivity contribution < 1.29 is 13.6 Å². The van der Waals surface area contributed by atoms with Crippen molar-refractivity contribution >= 4 is 44.9 Å². The van der Waals surface area contributed by atoms with E-state index in [0.717, 1.165) is 26.7 Å². The third-order valence-electron chi connectivity index (χ3n) is 3.03. The number of nitrogens with one attached hydrogen (secondary N) is 1. The van der Waals surface area contributed by atoms with Crippen molar-refractivity contribution in [2.75, 3.05) is 11.1 Å². The van der Waals surface area contributed by atoms with Crippen LogP contribution in [0.1, 0.15) is 6.42 Å². The van der Waals surface area contributed by atoms with Crippen molar-refractivity contribution in [1.82, 2.24) is 4.98 Å². The second-order valence-electron chi connectivity index (χ2n) is 4.72. The van der Waals surface area contributed by atoms with Gasteiger partial charge in [-0.05, 0) is 24.3 Å². The summed E-state index contributed by atoms with van der Waals surface area (Å²) in [5.41, 5.74) is 0.930. The molecule has 0 aliphatic carbocycles. The highest BCUT2D eigenvalue weighted by atomic mass is 32.2. The number of thiazole rings is 1. The van der Waals surface area contributed by atoms with Crippen LogP contribution in [-0.4, -0.2) is 16.6 Å². The first-order valence-corrected chi connectivity index (χ1v) is 8.65. The molecular weight excluding hydrogens is 338 g/mol. The highest BCUT2D eigenvalue weighted by Gasteiger charge is 2.09. The lowest BCUT2D eigenvalue weighted by molar-refractivity contribution is -0.115. The Hall–Kier alpha value is -1.99. The molecule has 0 aliphatic heterocycles. The van der Waals surface area contributed by atoms with Gasteiger partial charge in [0, 0.05) is 18.2 Å². The predicted molar refractivity (Wildman–Crippen MR) is 89.9 cm³/mol. The van der Waals surface area contributed by atoms with Crippen molar-refractivity contribution in [2.45, 2.75) is 10.8 Å². The molecule has 7 heteroatoms. The van der Waals surface area contributed by atoms with E-state index in [1.165, 1.54) is 17.8 Å². The standard InChI is InChI=1S/C16H12F2N2OS2/c17-10-5-6-12(11(18)9-10)19-15(21)7-8-22-16-20-13-3-1-2-4-14(13)23-16/h1-6,9H,7-8H2,(H,19,21). The number of amides is 1. The summed E-state index contributed by atoms with van der Waals surface area (Å²) in [5.74, 6) is -1.23. The molecule has 0 aliphatic rings. The summed E-state index contributed by atoms with van der Waals surface area (Å²) in [4.78, 5) is 16.3. The summed E-state index contributed by atoms with van der Waals surface area (Å²) >= 11 is 3.06. The largest absolute Gasteiger partial charge is 0.324 e. The molecule has 0 spiro atoms. The molecule has 0 atom stereocenters. The average molecular weight is 350 g/mol. The zero-order chi connectivity index (χ0) is 16.2. The molecule has 1 N–H and O–H groups in total. The van der Waals surface area contributed by atoms with E-state index >= 15 is 0 Å². The number of carbonyl (C=O) groups excluding carboxylic acids is 1. The highest BCUT2D eigenvalue weighted by molar-refractivity contribution is 8.01. The molecular formula is C16H12F2N2OS2. The van der Waals surface area contributed by atoms with Crippen molar-refractivity contribution in [3.63, 3.8) is 0 Å². The maximum atomic E-state index is 13.4. The van der Waals surface area contributed by atoms with E-state index in [-0.39, 0.29) is 18.0 Å². The molecule has 1 aromatic heterocycles. The number of hydrogen-bond acceptors (Lipinski definition) is 4. The van der Waals surface area contributed by atoms with Gasteiger partial charge < -0.3 is 5.32 Å². The Morgan fingerprint density at radius 3 is 2.83 bits per heavy atom. The van der Waals surface area contributed by atoms with Gasteiger partial charge in [0.25, 0.3) is 0 Å². The Labute approximate surface area is 139 Å². The molecule has 1 heterocycles. The fraction of sp³-hybridized carbons (Fsp3) is 0.125. The minimum absolute atomic E-state index is 0.0126. The minimum Gasteiger partial charge on any atom is -0.324 e. The Balaban J connectivity index is 1.52. The average Bonchev–Trinajstić information content (AvgIpc) is 2.93. The number of halogens is 2. The third kappa shape index (κ3) is 4.05. The zero-order valence-corrected chi connectivity index (χ0v) is 13.5. The van der Waals surface area contributed by atoms with Crippen LogP contribution in [0.5, 0.6) is 0 Å². The van der Waals surface area contributed by atoms with E-state index in [9.17, 15) is 13.6 Å². The fourth-order valence-corrected chi connectivity index (χ4v) is 4.02. The summed E-state index contributed by atoms with van der Waals surface area (Å²) in [7, 11) is 0. The van der Waals surface area contributed by atoms with Crippen LogP contribution in [0.25, 0.3) is 10.2 Å². The zero-order valence-electron chi connectivity index (χ0n) is 11.9. The molecule has 118 valence electrons. The van der Waals surface area contributed by atoms with Gasteiger partial charge in [0.2, 0.25) is 5.91 Å². The Morgan fingerprint density at radius 2 is 2.04 bits per heavy atom. The van der Waals surface area contributed by atoms with Crippen LogP contribution >= 0.6 is 23.1 Å². The molecule has 2 aromatic carbocycles. The minimum atomic E-state index is -0.780. The lowest BCUT2D eigenvalue weighted by Gasteiger charge is -2.05. The molecule has 3 aromatic rings. The lowest BCUT2D eigenvalue weighted by Crippen LogP contribution is -2.13. The number of anilines is 1. The van der Waals surface area contributed by atoms with Gasteiger partial charge in [0.1, 0.15) is 11.6 Å². The third-order valence-corrected chi connectivity index (χ3v) is 5.22. The molecule has 0 fully saturated rings. The summed E-state index contributed by atoms with van der Waals surface area (Å²) in [5, 5.41) is 2.44. The highest BCUT2D eigenvalue weighted by Crippen LogP contribution is 2.29. The number of hydrogen-bond donors (Lipinski definition) is 1. The summed E-state index contributed by atoms with van der Waals surface area (Å²) < 4.78 is 28.2. The molecule has 23 heavy (non-hydrogen) atoms. The predicted octanol–water partition coefficient (Wildman–Crippen LogP) is 4.70. The second-order valence-corrected chi connectivity index (χ2v) is 7.09. The molecule has 3 nitrogen and oxygen atoms in total. The number of para-hydroxylation sites is 1. The Kier molecular flexibility index (Phi) is 4.88. The maximum Gasteiger partial charge on any atom is 0.225 e. The Bertz CT molecular complexity index is 818. The lowest BCUT2D eigenvalue weighted by atomic mass is 10.3. The first-order chi connectivity index (χ1) is 11.1. The topological polar surface area (TPSA) is 42.0 Å². The first kappa shape index (κ1) is 15.9. The van der Waals surface area contributed by atoms with Crippen molar-refractivity contribution in [3.8, 4) is 0 Å². The number of fused-ring (bicyclic) bond motifs is 1. The molecule has 0 saturated heterocycles. The molecule has 3 rings (SSSR count). The molecule has 1 amide bonds. The van der Waals surface area contributed by atoms with Crippen molar-refractivity contribution in [2.24, 2.45) is 0 Å². The van der Waals surface area contributed by atoms with Crippen molar-refractivity contribution in [3.05, 3.63) is 54.1 Å². The SMILES string of the molecule is O=C(CCSc1nc2ccccc2s1)Nc1ccc(F)cc1F. The molecule has 0 bridgehead atoms. The fourth-order valence-electron chi connectivity index (χ4n) is 1.95. The number of nitrogens with zero attached hydrogens (tertiary/aromatic N) is 1. The second kappa shape index (κ2) is 7.06. The first-order valence-electron chi connectivity index (χ1n) is 6.85. The van der Waals surface area contributed by atoms with Crippen molar-refractivity contribution in [1.29, 1.82) is 0 Å².